The van der Waals surface area contributed by atoms with Gasteiger partial charge in [0, 0.05) is 24.2 Å². The molecule has 80 valence electrons. The van der Waals surface area contributed by atoms with Gasteiger partial charge in [0.15, 0.2) is 0 Å². The predicted molar refractivity (Wildman–Crippen MR) is 58.1 cm³/mol. The van der Waals surface area contributed by atoms with Crippen LogP contribution in [0.15, 0.2) is 10.9 Å². The summed E-state index contributed by atoms with van der Waals surface area (Å²) in [4.78, 5) is 4.09. The molecule has 0 amide bonds. The molecule has 0 saturated carbocycles. The highest BCUT2D eigenvalue weighted by Crippen LogP contribution is 2.00. The van der Waals surface area contributed by atoms with Crippen molar-refractivity contribution in [2.24, 2.45) is 0 Å². The van der Waals surface area contributed by atoms with E-state index in [-0.39, 0.29) is 11.8 Å². The molecule has 1 aromatic heterocycles. The molecule has 0 aliphatic rings. The zero-order valence-electron chi connectivity index (χ0n) is 8.23. The van der Waals surface area contributed by atoms with Crippen molar-refractivity contribution in [2.75, 3.05) is 12.0 Å². The lowest BCUT2D eigenvalue weighted by atomic mass is 10.3. The van der Waals surface area contributed by atoms with E-state index in [0.29, 0.717) is 6.54 Å². The molecule has 4 nitrogen and oxygen atoms in total. The lowest BCUT2D eigenvalue weighted by Gasteiger charge is -2.10. The van der Waals surface area contributed by atoms with Crippen molar-refractivity contribution in [1.29, 1.82) is 0 Å². The Morgan fingerprint density at radius 2 is 2.36 bits per heavy atom. The van der Waals surface area contributed by atoms with Gasteiger partial charge in [-0.1, -0.05) is 0 Å². The fourth-order valence-corrected chi connectivity index (χ4v) is 2.70. The average molecular weight is 234 g/mol. The second-order valence-corrected chi connectivity index (χ2v) is 6.26. The summed E-state index contributed by atoms with van der Waals surface area (Å²) in [6.45, 7) is 2.48. The number of aromatic nitrogens is 1. The summed E-state index contributed by atoms with van der Waals surface area (Å²) in [7, 11) is -2.89. The molecule has 0 spiro atoms. The van der Waals surface area contributed by atoms with E-state index in [1.807, 2.05) is 12.3 Å². The van der Waals surface area contributed by atoms with Crippen LogP contribution < -0.4 is 5.32 Å². The largest absolute Gasteiger partial charge is 0.308 e. The standard InChI is InChI=1S/C8H14N2O2S2/c1-7(5-14(2,11)12)9-3-8-4-13-6-10-8/h4,6-7,9H,3,5H2,1-2H3. The van der Waals surface area contributed by atoms with Gasteiger partial charge in [-0.05, 0) is 6.92 Å². The first-order valence-corrected chi connectivity index (χ1v) is 7.26. The minimum absolute atomic E-state index is 0.0355. The lowest BCUT2D eigenvalue weighted by Crippen LogP contribution is -2.32. The Hall–Kier alpha value is -0.460. The molecule has 1 rings (SSSR count). The first kappa shape index (κ1) is 11.6. The molecular formula is C8H14N2O2S2. The van der Waals surface area contributed by atoms with Crippen LogP contribution in [0.2, 0.25) is 0 Å². The summed E-state index contributed by atoms with van der Waals surface area (Å²) in [5, 5.41) is 5.05. The van der Waals surface area contributed by atoms with Crippen LogP contribution in [-0.4, -0.2) is 31.5 Å². The maximum atomic E-state index is 10.9. The molecule has 0 aromatic carbocycles. The zero-order valence-corrected chi connectivity index (χ0v) is 9.86. The van der Waals surface area contributed by atoms with E-state index in [1.165, 1.54) is 17.6 Å². The highest BCUT2D eigenvalue weighted by molar-refractivity contribution is 7.90. The molecule has 0 fully saturated rings. The summed E-state index contributed by atoms with van der Waals surface area (Å²) < 4.78 is 21.9. The molecule has 14 heavy (non-hydrogen) atoms. The van der Waals surface area contributed by atoms with Gasteiger partial charge in [0.2, 0.25) is 0 Å². The third-order valence-electron chi connectivity index (χ3n) is 1.67. The van der Waals surface area contributed by atoms with Gasteiger partial charge in [0.1, 0.15) is 9.84 Å². The SMILES string of the molecule is CC(CS(C)(=O)=O)NCc1cscn1. The number of thiazole rings is 1. The Labute approximate surface area is 88.3 Å². The topological polar surface area (TPSA) is 59.1 Å². The van der Waals surface area contributed by atoms with Crippen LogP contribution in [0.3, 0.4) is 0 Å². The fraction of sp³-hybridized carbons (Fsp3) is 0.625. The highest BCUT2D eigenvalue weighted by Gasteiger charge is 2.09. The number of hydrogen-bond acceptors (Lipinski definition) is 5. The van der Waals surface area contributed by atoms with Crippen molar-refractivity contribution >= 4 is 21.2 Å². The summed E-state index contributed by atoms with van der Waals surface area (Å²) in [6, 6.07) is -0.0355. The Bertz CT molecular complexity index is 359. The predicted octanol–water partition coefficient (Wildman–Crippen LogP) is 0.666. The van der Waals surface area contributed by atoms with E-state index in [0.717, 1.165) is 5.69 Å². The lowest BCUT2D eigenvalue weighted by molar-refractivity contribution is 0.557. The van der Waals surface area contributed by atoms with Crippen LogP contribution in [0.1, 0.15) is 12.6 Å². The smallest absolute Gasteiger partial charge is 0.148 e. The van der Waals surface area contributed by atoms with Gasteiger partial charge in [-0.15, -0.1) is 11.3 Å². The van der Waals surface area contributed by atoms with Gasteiger partial charge in [0.25, 0.3) is 0 Å². The summed E-state index contributed by atoms with van der Waals surface area (Å²) >= 11 is 1.54. The molecule has 1 heterocycles. The van der Waals surface area contributed by atoms with Crippen LogP contribution in [0.25, 0.3) is 0 Å². The van der Waals surface area contributed by atoms with Crippen LogP contribution >= 0.6 is 11.3 Å². The second-order valence-electron chi connectivity index (χ2n) is 3.35. The van der Waals surface area contributed by atoms with Gasteiger partial charge in [-0.2, -0.15) is 0 Å². The third kappa shape index (κ3) is 4.69. The van der Waals surface area contributed by atoms with Crippen molar-refractivity contribution in [3.05, 3.63) is 16.6 Å². The van der Waals surface area contributed by atoms with Crippen LogP contribution in [0.4, 0.5) is 0 Å². The minimum Gasteiger partial charge on any atom is -0.308 e. The van der Waals surface area contributed by atoms with E-state index in [2.05, 4.69) is 10.3 Å². The Morgan fingerprint density at radius 3 is 2.86 bits per heavy atom. The maximum Gasteiger partial charge on any atom is 0.148 e. The van der Waals surface area contributed by atoms with Gasteiger partial charge in [0.05, 0.1) is 17.0 Å². The third-order valence-corrected chi connectivity index (χ3v) is 3.41. The Kier molecular flexibility index (Phi) is 4.03. The second kappa shape index (κ2) is 4.86. The van der Waals surface area contributed by atoms with E-state index in [4.69, 9.17) is 0 Å². The first-order chi connectivity index (χ1) is 6.47. The molecule has 6 heteroatoms. The molecular weight excluding hydrogens is 220 g/mol. The summed E-state index contributed by atoms with van der Waals surface area (Å²) in [5.74, 6) is 0.164. The van der Waals surface area contributed by atoms with Gasteiger partial charge in [-0.25, -0.2) is 13.4 Å². The summed E-state index contributed by atoms with van der Waals surface area (Å²) in [6.07, 6.45) is 1.24. The van der Waals surface area contributed by atoms with E-state index in [9.17, 15) is 8.42 Å². The van der Waals surface area contributed by atoms with Gasteiger partial charge >= 0.3 is 0 Å². The molecule has 0 bridgehead atoms. The molecule has 0 radical (unpaired) electrons. The van der Waals surface area contributed by atoms with Crippen molar-refractivity contribution in [1.82, 2.24) is 10.3 Å². The molecule has 0 aliphatic carbocycles. The molecule has 1 aromatic rings. The number of hydrogen-bond donors (Lipinski definition) is 1. The quantitative estimate of drug-likeness (QED) is 0.813. The van der Waals surface area contributed by atoms with Gasteiger partial charge in [-0.3, -0.25) is 0 Å². The van der Waals surface area contributed by atoms with Crippen LogP contribution in [-0.2, 0) is 16.4 Å². The zero-order chi connectivity index (χ0) is 10.6. The van der Waals surface area contributed by atoms with Crippen molar-refractivity contribution < 1.29 is 8.42 Å². The Balaban J connectivity index is 2.32. The van der Waals surface area contributed by atoms with Crippen LogP contribution in [0.5, 0.6) is 0 Å². The molecule has 1 atom stereocenters. The monoisotopic (exact) mass is 234 g/mol. The average Bonchev–Trinajstić information content (AvgIpc) is 2.49. The molecule has 0 aliphatic heterocycles. The number of nitrogens with zero attached hydrogens (tertiary/aromatic N) is 1. The van der Waals surface area contributed by atoms with E-state index in [1.54, 1.807) is 5.51 Å². The maximum absolute atomic E-state index is 10.9. The number of sulfone groups is 1. The highest BCUT2D eigenvalue weighted by atomic mass is 32.2. The molecule has 0 saturated heterocycles. The molecule has 1 unspecified atom stereocenters. The van der Waals surface area contributed by atoms with Crippen molar-refractivity contribution in [3.8, 4) is 0 Å². The van der Waals surface area contributed by atoms with Crippen molar-refractivity contribution in [3.63, 3.8) is 0 Å². The number of rotatable bonds is 5. The van der Waals surface area contributed by atoms with Crippen LogP contribution in [0, 0.1) is 0 Å². The normalized spacial score (nSPS) is 14.1. The first-order valence-electron chi connectivity index (χ1n) is 4.25. The minimum atomic E-state index is -2.89. The summed E-state index contributed by atoms with van der Waals surface area (Å²) in [5.41, 5.74) is 2.72. The number of nitrogens with one attached hydrogen (secondary N) is 1. The van der Waals surface area contributed by atoms with E-state index < -0.39 is 9.84 Å². The Morgan fingerprint density at radius 1 is 1.64 bits per heavy atom. The van der Waals surface area contributed by atoms with E-state index >= 15 is 0 Å². The molecule has 1 N–H and O–H groups in total. The van der Waals surface area contributed by atoms with Gasteiger partial charge < -0.3 is 5.32 Å². The fourth-order valence-electron chi connectivity index (χ4n) is 1.12. The van der Waals surface area contributed by atoms with Crippen molar-refractivity contribution in [2.45, 2.75) is 19.5 Å².